The molecule has 0 aliphatic carbocycles. The van der Waals surface area contributed by atoms with Crippen LogP contribution in [0.5, 0.6) is 0 Å². The lowest BCUT2D eigenvalue weighted by atomic mass is 10.1. The quantitative estimate of drug-likeness (QED) is 0.877. The molecular formula is C16H21N3O. The predicted molar refractivity (Wildman–Crippen MR) is 81.7 cm³/mol. The molecule has 0 unspecified atom stereocenters. The fourth-order valence-corrected chi connectivity index (χ4v) is 2.26. The summed E-state index contributed by atoms with van der Waals surface area (Å²) in [5.41, 5.74) is 9.44. The molecular weight excluding hydrogens is 250 g/mol. The summed E-state index contributed by atoms with van der Waals surface area (Å²) >= 11 is 0. The third kappa shape index (κ3) is 3.41. The van der Waals surface area contributed by atoms with Gasteiger partial charge < -0.3 is 15.6 Å². The van der Waals surface area contributed by atoms with Crippen molar-refractivity contribution in [2.45, 2.75) is 26.8 Å². The number of carbonyl (C=O) groups excluding carboxylic acids is 1. The Balaban J connectivity index is 1.92. The van der Waals surface area contributed by atoms with Crippen LogP contribution in [0.15, 0.2) is 36.5 Å². The number of nitrogens with two attached hydrogens (primary N) is 1. The lowest BCUT2D eigenvalue weighted by Gasteiger charge is -2.08. The summed E-state index contributed by atoms with van der Waals surface area (Å²) in [4.78, 5) is 12.1. The minimum Gasteiger partial charge on any atom is -0.397 e. The number of rotatable bonds is 5. The van der Waals surface area contributed by atoms with E-state index in [1.807, 2.05) is 17.6 Å². The summed E-state index contributed by atoms with van der Waals surface area (Å²) in [5.74, 6) is -0.0730. The molecule has 3 N–H and O–H groups in total. The molecule has 0 fully saturated rings. The largest absolute Gasteiger partial charge is 0.397 e. The van der Waals surface area contributed by atoms with Gasteiger partial charge in [-0.15, -0.1) is 0 Å². The Hall–Kier alpha value is -2.23. The van der Waals surface area contributed by atoms with Crippen molar-refractivity contribution in [2.75, 3.05) is 12.3 Å². The molecule has 1 aromatic carbocycles. The molecule has 1 amide bonds. The highest BCUT2D eigenvalue weighted by Crippen LogP contribution is 2.10. The number of aryl methyl sites for hydroxylation is 2. The van der Waals surface area contributed by atoms with Gasteiger partial charge in [-0.3, -0.25) is 4.79 Å². The first-order valence-electron chi connectivity index (χ1n) is 6.89. The number of benzene rings is 1. The number of nitrogens with one attached hydrogen (secondary N) is 1. The smallest absolute Gasteiger partial charge is 0.267 e. The van der Waals surface area contributed by atoms with Crippen LogP contribution in [0.4, 0.5) is 5.69 Å². The van der Waals surface area contributed by atoms with E-state index >= 15 is 0 Å². The van der Waals surface area contributed by atoms with E-state index in [0.717, 1.165) is 13.0 Å². The highest BCUT2D eigenvalue weighted by atomic mass is 16.1. The second-order valence-electron chi connectivity index (χ2n) is 4.94. The van der Waals surface area contributed by atoms with E-state index in [4.69, 9.17) is 5.73 Å². The highest BCUT2D eigenvalue weighted by molar-refractivity contribution is 5.93. The normalized spacial score (nSPS) is 10.5. The maximum absolute atomic E-state index is 12.1. The standard InChI is InChI=1S/C16H21N3O/c1-3-19-11-14(17)10-15(19)16(20)18-8-7-13-6-4-5-12(2)9-13/h4-6,9-11H,3,7-8,17H2,1-2H3,(H,18,20). The summed E-state index contributed by atoms with van der Waals surface area (Å²) in [6.45, 7) is 5.41. The summed E-state index contributed by atoms with van der Waals surface area (Å²) in [6, 6.07) is 10.0. The third-order valence-corrected chi connectivity index (χ3v) is 3.27. The van der Waals surface area contributed by atoms with Gasteiger partial charge in [0.15, 0.2) is 0 Å². The molecule has 1 aromatic heterocycles. The first-order chi connectivity index (χ1) is 9.60. The molecule has 0 spiro atoms. The molecule has 0 atom stereocenters. The van der Waals surface area contributed by atoms with Gasteiger partial charge >= 0.3 is 0 Å². The molecule has 0 aliphatic heterocycles. The van der Waals surface area contributed by atoms with E-state index in [9.17, 15) is 4.79 Å². The monoisotopic (exact) mass is 271 g/mol. The van der Waals surface area contributed by atoms with Crippen molar-refractivity contribution < 1.29 is 4.79 Å². The van der Waals surface area contributed by atoms with Crippen molar-refractivity contribution in [1.82, 2.24) is 9.88 Å². The molecule has 20 heavy (non-hydrogen) atoms. The molecule has 0 saturated carbocycles. The van der Waals surface area contributed by atoms with Crippen LogP contribution >= 0.6 is 0 Å². The number of aromatic nitrogens is 1. The lowest BCUT2D eigenvalue weighted by Crippen LogP contribution is -2.27. The number of nitrogen functional groups attached to an aromatic ring is 1. The van der Waals surface area contributed by atoms with Gasteiger partial charge in [-0.05, 0) is 31.9 Å². The molecule has 0 radical (unpaired) electrons. The molecule has 2 rings (SSSR count). The van der Waals surface area contributed by atoms with Gasteiger partial charge in [-0.1, -0.05) is 29.8 Å². The minimum atomic E-state index is -0.0730. The van der Waals surface area contributed by atoms with Crippen LogP contribution in [0, 0.1) is 6.92 Å². The zero-order chi connectivity index (χ0) is 14.5. The van der Waals surface area contributed by atoms with E-state index in [2.05, 4.69) is 30.4 Å². The topological polar surface area (TPSA) is 60.0 Å². The Bertz CT molecular complexity index is 602. The third-order valence-electron chi connectivity index (χ3n) is 3.27. The average molecular weight is 271 g/mol. The minimum absolute atomic E-state index is 0.0730. The van der Waals surface area contributed by atoms with Crippen LogP contribution in [-0.4, -0.2) is 17.0 Å². The van der Waals surface area contributed by atoms with Crippen LogP contribution in [0.3, 0.4) is 0 Å². The van der Waals surface area contributed by atoms with Crippen LogP contribution in [-0.2, 0) is 13.0 Å². The molecule has 4 heteroatoms. The van der Waals surface area contributed by atoms with Crippen molar-refractivity contribution in [3.63, 3.8) is 0 Å². The van der Waals surface area contributed by atoms with Gasteiger partial charge in [-0.25, -0.2) is 0 Å². The number of hydrogen-bond acceptors (Lipinski definition) is 2. The van der Waals surface area contributed by atoms with Gasteiger partial charge in [-0.2, -0.15) is 0 Å². The number of anilines is 1. The molecule has 0 bridgehead atoms. The predicted octanol–water partition coefficient (Wildman–Crippen LogP) is 2.37. The highest BCUT2D eigenvalue weighted by Gasteiger charge is 2.11. The van der Waals surface area contributed by atoms with Crippen molar-refractivity contribution in [1.29, 1.82) is 0 Å². The van der Waals surface area contributed by atoms with Crippen molar-refractivity contribution in [2.24, 2.45) is 0 Å². The van der Waals surface area contributed by atoms with Crippen molar-refractivity contribution in [3.05, 3.63) is 53.3 Å². The molecule has 0 aliphatic rings. The van der Waals surface area contributed by atoms with E-state index < -0.39 is 0 Å². The van der Waals surface area contributed by atoms with E-state index in [1.165, 1.54) is 11.1 Å². The molecule has 0 saturated heterocycles. The number of amides is 1. The maximum Gasteiger partial charge on any atom is 0.267 e. The first-order valence-corrected chi connectivity index (χ1v) is 6.89. The molecule has 106 valence electrons. The SMILES string of the molecule is CCn1cc(N)cc1C(=O)NCCc1cccc(C)c1. The number of hydrogen-bond donors (Lipinski definition) is 2. The second-order valence-corrected chi connectivity index (χ2v) is 4.94. The molecule has 1 heterocycles. The average Bonchev–Trinajstić information content (AvgIpc) is 2.80. The van der Waals surface area contributed by atoms with Gasteiger partial charge in [0, 0.05) is 19.3 Å². The van der Waals surface area contributed by atoms with Gasteiger partial charge in [0.05, 0.1) is 5.69 Å². The maximum atomic E-state index is 12.1. The van der Waals surface area contributed by atoms with Crippen LogP contribution in [0.1, 0.15) is 28.5 Å². The van der Waals surface area contributed by atoms with Crippen LogP contribution in [0.25, 0.3) is 0 Å². The van der Waals surface area contributed by atoms with E-state index in [0.29, 0.717) is 17.9 Å². The summed E-state index contributed by atoms with van der Waals surface area (Å²) in [5, 5.41) is 2.94. The van der Waals surface area contributed by atoms with Crippen molar-refractivity contribution in [3.8, 4) is 0 Å². The summed E-state index contributed by atoms with van der Waals surface area (Å²) < 4.78 is 1.86. The first kappa shape index (κ1) is 14.2. The molecule has 4 nitrogen and oxygen atoms in total. The van der Waals surface area contributed by atoms with E-state index in [-0.39, 0.29) is 5.91 Å². The number of nitrogens with zero attached hydrogens (tertiary/aromatic N) is 1. The van der Waals surface area contributed by atoms with Gasteiger partial charge in [0.25, 0.3) is 5.91 Å². The Morgan fingerprint density at radius 3 is 2.85 bits per heavy atom. The zero-order valence-corrected chi connectivity index (χ0v) is 12.0. The Kier molecular flexibility index (Phi) is 4.45. The van der Waals surface area contributed by atoms with Crippen LogP contribution in [0.2, 0.25) is 0 Å². The lowest BCUT2D eigenvalue weighted by molar-refractivity contribution is 0.0945. The van der Waals surface area contributed by atoms with Gasteiger partial charge in [0.1, 0.15) is 5.69 Å². The Morgan fingerprint density at radius 1 is 1.35 bits per heavy atom. The Morgan fingerprint density at radius 2 is 2.15 bits per heavy atom. The van der Waals surface area contributed by atoms with E-state index in [1.54, 1.807) is 12.3 Å². The fourth-order valence-electron chi connectivity index (χ4n) is 2.26. The number of carbonyl (C=O) groups is 1. The van der Waals surface area contributed by atoms with Crippen LogP contribution < -0.4 is 11.1 Å². The molecule has 2 aromatic rings. The second kappa shape index (κ2) is 6.28. The van der Waals surface area contributed by atoms with Gasteiger partial charge in [0.2, 0.25) is 0 Å². The summed E-state index contributed by atoms with van der Waals surface area (Å²) in [7, 11) is 0. The van der Waals surface area contributed by atoms with Crippen molar-refractivity contribution >= 4 is 11.6 Å². The Labute approximate surface area is 119 Å². The zero-order valence-electron chi connectivity index (χ0n) is 12.0. The fraction of sp³-hybridized carbons (Fsp3) is 0.312. The summed E-state index contributed by atoms with van der Waals surface area (Å²) in [6.07, 6.45) is 2.62.